The molecule has 0 saturated carbocycles. The molecule has 0 radical (unpaired) electrons. The number of nitrogens with one attached hydrogen (secondary N) is 1. The van der Waals surface area contributed by atoms with Crippen LogP contribution in [0.15, 0.2) is 71.6 Å². The predicted molar refractivity (Wildman–Crippen MR) is 131 cm³/mol. The van der Waals surface area contributed by atoms with E-state index < -0.39 is 11.9 Å². The number of allylic oxidation sites excluding steroid dienone is 2. The van der Waals surface area contributed by atoms with Crippen LogP contribution in [0.2, 0.25) is 0 Å². The Morgan fingerprint density at radius 1 is 0.944 bits per heavy atom. The Morgan fingerprint density at radius 2 is 1.69 bits per heavy atom. The zero-order valence-electron chi connectivity index (χ0n) is 20.0. The first-order valence-corrected chi connectivity index (χ1v) is 11.4. The second-order valence-corrected chi connectivity index (χ2v) is 8.26. The van der Waals surface area contributed by atoms with Gasteiger partial charge in [-0.3, -0.25) is 9.59 Å². The fourth-order valence-electron chi connectivity index (χ4n) is 4.17. The molecule has 9 heteroatoms. The molecular weight excluding hydrogens is 464 g/mol. The molecule has 0 bridgehead atoms. The molecule has 36 heavy (non-hydrogen) atoms. The van der Waals surface area contributed by atoms with E-state index in [0.29, 0.717) is 47.5 Å². The molecule has 186 valence electrons. The van der Waals surface area contributed by atoms with Crippen molar-refractivity contribution in [3.63, 3.8) is 0 Å². The topological polar surface area (TPSA) is 111 Å². The monoisotopic (exact) mass is 490 g/mol. The maximum Gasteiger partial charge on any atom is 0.355 e. The summed E-state index contributed by atoms with van der Waals surface area (Å²) in [5.41, 5.74) is 2.53. The summed E-state index contributed by atoms with van der Waals surface area (Å²) in [7, 11) is 2.43. The number of ketones is 2. The van der Waals surface area contributed by atoms with Crippen molar-refractivity contribution in [2.45, 2.75) is 19.3 Å². The van der Waals surface area contributed by atoms with Crippen molar-refractivity contribution < 1.29 is 33.4 Å². The molecule has 4 rings (SSSR count). The summed E-state index contributed by atoms with van der Waals surface area (Å²) in [6.07, 6.45) is 3.36. The van der Waals surface area contributed by atoms with E-state index in [1.54, 1.807) is 48.5 Å². The quantitative estimate of drug-likeness (QED) is 0.461. The highest BCUT2D eigenvalue weighted by Gasteiger charge is 2.33. The van der Waals surface area contributed by atoms with Gasteiger partial charge in [0.25, 0.3) is 0 Å². The maximum atomic E-state index is 13.2. The Hall–Kier alpha value is -4.24. The number of benzene rings is 2. The molecule has 2 aromatic carbocycles. The molecule has 1 heterocycles. The first-order valence-electron chi connectivity index (χ1n) is 11.4. The molecule has 2 aromatic rings. The molecule has 0 unspecified atom stereocenters. The number of esters is 2. The number of hydrogen-bond acceptors (Lipinski definition) is 9. The first-order chi connectivity index (χ1) is 17.4. The third-order valence-electron chi connectivity index (χ3n) is 5.92. The highest BCUT2D eigenvalue weighted by molar-refractivity contribution is 6.10. The lowest BCUT2D eigenvalue weighted by atomic mass is 10.00. The number of carbonyl (C=O) groups excluding carboxylic acids is 4. The third-order valence-corrected chi connectivity index (χ3v) is 5.92. The van der Waals surface area contributed by atoms with Gasteiger partial charge in [-0.1, -0.05) is 30.3 Å². The van der Waals surface area contributed by atoms with Gasteiger partial charge in [-0.25, -0.2) is 9.59 Å². The number of hydrogen-bond donors (Lipinski definition) is 1. The molecule has 0 spiro atoms. The number of methoxy groups -OCH3 is 2. The molecule has 1 aliphatic carbocycles. The molecule has 0 saturated heterocycles. The third kappa shape index (κ3) is 5.21. The fraction of sp³-hybridized carbons (Fsp3) is 0.259. The molecule has 0 aromatic heterocycles. The van der Waals surface area contributed by atoms with Crippen LogP contribution < -0.4 is 10.2 Å². The van der Waals surface area contributed by atoms with E-state index in [2.05, 4.69) is 5.32 Å². The van der Waals surface area contributed by atoms with Crippen LogP contribution >= 0.6 is 0 Å². The average molecular weight is 491 g/mol. The number of anilines is 2. The highest BCUT2D eigenvalue weighted by atomic mass is 16.5. The summed E-state index contributed by atoms with van der Waals surface area (Å²) in [4.78, 5) is 51.8. The smallest absolute Gasteiger partial charge is 0.355 e. The van der Waals surface area contributed by atoms with Crippen LogP contribution in [-0.2, 0) is 28.6 Å². The van der Waals surface area contributed by atoms with Gasteiger partial charge in [-0.05, 0) is 31.0 Å². The molecule has 9 nitrogen and oxygen atoms in total. The summed E-state index contributed by atoms with van der Waals surface area (Å²) in [5, 5.41) is 3.26. The van der Waals surface area contributed by atoms with Crippen LogP contribution in [0.5, 0.6) is 0 Å². The molecule has 1 aliphatic heterocycles. The van der Waals surface area contributed by atoms with Gasteiger partial charge < -0.3 is 24.4 Å². The molecule has 2 aliphatic rings. The fourth-order valence-corrected chi connectivity index (χ4v) is 4.17. The highest BCUT2D eigenvalue weighted by Crippen LogP contribution is 2.35. The van der Waals surface area contributed by atoms with E-state index in [0.717, 1.165) is 0 Å². The SMILES string of the molecule is COC(=O)C1=C(C(=O)OC)N(c2ccc(C(=O)c3ccccc3)cc2NC2=CC(=O)CCC2)COC1. The van der Waals surface area contributed by atoms with Crippen molar-refractivity contribution in [2.24, 2.45) is 0 Å². The Balaban J connectivity index is 1.83. The van der Waals surface area contributed by atoms with Crippen molar-refractivity contribution in [3.8, 4) is 0 Å². The van der Waals surface area contributed by atoms with E-state index >= 15 is 0 Å². The number of nitrogens with zero attached hydrogens (tertiary/aromatic N) is 1. The number of rotatable bonds is 7. The minimum Gasteiger partial charge on any atom is -0.466 e. The van der Waals surface area contributed by atoms with Crippen LogP contribution in [0.1, 0.15) is 35.2 Å². The van der Waals surface area contributed by atoms with Crippen LogP contribution in [0.3, 0.4) is 0 Å². The van der Waals surface area contributed by atoms with Gasteiger partial charge >= 0.3 is 11.9 Å². The van der Waals surface area contributed by atoms with Crippen LogP contribution in [0.25, 0.3) is 0 Å². The van der Waals surface area contributed by atoms with Crippen LogP contribution in [-0.4, -0.2) is 51.1 Å². The van der Waals surface area contributed by atoms with Gasteiger partial charge in [-0.15, -0.1) is 0 Å². The minimum atomic E-state index is -0.735. The van der Waals surface area contributed by atoms with E-state index in [9.17, 15) is 19.2 Å². The summed E-state index contributed by atoms with van der Waals surface area (Å²) in [5.74, 6) is -1.63. The molecule has 0 atom stereocenters. The van der Waals surface area contributed by atoms with Crippen molar-refractivity contribution >= 4 is 34.9 Å². The van der Waals surface area contributed by atoms with Crippen molar-refractivity contribution in [2.75, 3.05) is 37.8 Å². The van der Waals surface area contributed by atoms with Crippen molar-refractivity contribution in [1.82, 2.24) is 0 Å². The van der Waals surface area contributed by atoms with Crippen LogP contribution in [0.4, 0.5) is 11.4 Å². The number of carbonyl (C=O) groups is 4. The predicted octanol–water partition coefficient (Wildman–Crippen LogP) is 3.36. The largest absolute Gasteiger partial charge is 0.466 e. The van der Waals surface area contributed by atoms with Crippen LogP contribution in [0, 0.1) is 0 Å². The molecule has 1 N–H and O–H groups in total. The van der Waals surface area contributed by atoms with Crippen molar-refractivity contribution in [1.29, 1.82) is 0 Å². The van der Waals surface area contributed by atoms with Gasteiger partial charge in [0.05, 0.1) is 37.8 Å². The Morgan fingerprint density at radius 3 is 2.39 bits per heavy atom. The Kier molecular flexibility index (Phi) is 7.60. The summed E-state index contributed by atoms with van der Waals surface area (Å²) >= 11 is 0. The van der Waals surface area contributed by atoms with Gasteiger partial charge in [0.1, 0.15) is 12.4 Å². The molecule has 0 amide bonds. The summed E-state index contributed by atoms with van der Waals surface area (Å²) < 4.78 is 15.4. The lowest BCUT2D eigenvalue weighted by Crippen LogP contribution is -2.39. The second kappa shape index (κ2) is 11.0. The van der Waals surface area contributed by atoms with Crippen molar-refractivity contribution in [3.05, 3.63) is 82.7 Å². The van der Waals surface area contributed by atoms with Gasteiger partial charge in [0.2, 0.25) is 0 Å². The van der Waals surface area contributed by atoms with E-state index in [4.69, 9.17) is 14.2 Å². The standard InChI is InChI=1S/C27H26N2O7/c1-34-26(32)21-15-36-16-29(24(21)27(33)35-2)23-12-11-18(25(31)17-7-4-3-5-8-17)13-22(23)28-19-9-6-10-20(30)14-19/h3-5,7-8,11-14,28H,6,9-10,15-16H2,1-2H3. The Labute approximate surface area is 208 Å². The second-order valence-electron chi connectivity index (χ2n) is 8.26. The normalized spacial score (nSPS) is 15.8. The lowest BCUT2D eigenvalue weighted by molar-refractivity contribution is -0.140. The lowest BCUT2D eigenvalue weighted by Gasteiger charge is -2.33. The maximum absolute atomic E-state index is 13.2. The molecule has 0 fully saturated rings. The van der Waals surface area contributed by atoms with E-state index in [1.807, 2.05) is 6.07 Å². The number of ether oxygens (including phenoxy) is 3. The zero-order chi connectivity index (χ0) is 25.7. The average Bonchev–Trinajstić information content (AvgIpc) is 2.91. The molecular formula is C27H26N2O7. The van der Waals surface area contributed by atoms with Gasteiger partial charge in [0.15, 0.2) is 11.6 Å². The van der Waals surface area contributed by atoms with Gasteiger partial charge in [0, 0.05) is 29.3 Å². The van der Waals surface area contributed by atoms with Gasteiger partial charge in [-0.2, -0.15) is 0 Å². The minimum absolute atomic E-state index is 0.00578. The first kappa shape index (κ1) is 24.9. The Bertz CT molecular complexity index is 1260. The summed E-state index contributed by atoms with van der Waals surface area (Å²) in [6.45, 7) is -0.176. The summed E-state index contributed by atoms with van der Waals surface area (Å²) in [6, 6.07) is 13.8. The van der Waals surface area contributed by atoms with E-state index in [1.165, 1.54) is 19.1 Å². The van der Waals surface area contributed by atoms with E-state index in [-0.39, 0.29) is 36.2 Å². The zero-order valence-corrected chi connectivity index (χ0v) is 20.0.